The number of rotatable bonds is 1. The normalized spacial score (nSPS) is 19.2. The zero-order valence-corrected chi connectivity index (χ0v) is 11.1. The highest BCUT2D eigenvalue weighted by molar-refractivity contribution is 5.95. The summed E-state index contributed by atoms with van der Waals surface area (Å²) >= 11 is 0. The zero-order valence-electron chi connectivity index (χ0n) is 11.1. The molecule has 0 radical (unpaired) electrons. The van der Waals surface area contributed by atoms with Gasteiger partial charge < -0.3 is 10.6 Å². The van der Waals surface area contributed by atoms with E-state index in [4.69, 9.17) is 15.5 Å². The van der Waals surface area contributed by atoms with Crippen LogP contribution in [0.5, 0.6) is 5.75 Å². The summed E-state index contributed by atoms with van der Waals surface area (Å²) in [6.07, 6.45) is 6.05. The van der Waals surface area contributed by atoms with Crippen molar-refractivity contribution in [1.82, 2.24) is 0 Å². The highest BCUT2D eigenvalue weighted by Crippen LogP contribution is 2.44. The first-order valence-electron chi connectivity index (χ1n) is 7.04. The minimum atomic E-state index is -0.608. The van der Waals surface area contributed by atoms with Crippen LogP contribution in [0.25, 0.3) is 6.08 Å². The number of aryl methyl sites for hydroxylation is 1. The van der Waals surface area contributed by atoms with E-state index < -0.39 is 5.91 Å². The van der Waals surface area contributed by atoms with Crippen molar-refractivity contribution >= 4 is 17.7 Å². The van der Waals surface area contributed by atoms with Crippen LogP contribution in [0.2, 0.25) is 0 Å². The van der Waals surface area contributed by atoms with Crippen LogP contribution in [-0.4, -0.2) is 19.0 Å². The van der Waals surface area contributed by atoms with Crippen molar-refractivity contribution in [3.63, 3.8) is 0 Å². The first kappa shape index (κ1) is 11.6. The monoisotopic (exact) mass is 272 g/mol. The number of hydrogen-bond acceptors (Lipinski definition) is 4. The molecule has 5 heteroatoms. The minimum absolute atomic E-state index is 0.0631. The molecule has 1 aromatic carbocycles. The van der Waals surface area contributed by atoms with E-state index in [-0.39, 0.29) is 5.76 Å². The summed E-state index contributed by atoms with van der Waals surface area (Å²) in [6, 6.07) is 2.11. The molecule has 0 saturated heterocycles. The van der Waals surface area contributed by atoms with Gasteiger partial charge in [-0.2, -0.15) is 0 Å². The van der Waals surface area contributed by atoms with Crippen LogP contribution in [-0.2, 0) is 22.5 Å². The van der Waals surface area contributed by atoms with Gasteiger partial charge in [-0.05, 0) is 37.3 Å². The van der Waals surface area contributed by atoms with Crippen LogP contribution in [0.3, 0.4) is 0 Å². The van der Waals surface area contributed by atoms with Gasteiger partial charge in [0.25, 0.3) is 5.91 Å². The van der Waals surface area contributed by atoms with E-state index in [1.54, 1.807) is 6.08 Å². The predicted molar refractivity (Wildman–Crippen MR) is 74.2 cm³/mol. The van der Waals surface area contributed by atoms with Crippen molar-refractivity contribution < 1.29 is 14.6 Å². The lowest BCUT2D eigenvalue weighted by Crippen LogP contribution is -2.35. The number of anilines is 1. The lowest BCUT2D eigenvalue weighted by atomic mass is 9.89. The molecule has 0 aromatic heterocycles. The van der Waals surface area contributed by atoms with E-state index in [1.807, 2.05) is 0 Å². The van der Waals surface area contributed by atoms with Gasteiger partial charge in [-0.1, -0.05) is 0 Å². The first-order chi connectivity index (χ1) is 9.74. The Balaban J connectivity index is 1.91. The Hall–Kier alpha value is -2.17. The Morgan fingerprint density at radius 3 is 2.80 bits per heavy atom. The fourth-order valence-corrected chi connectivity index (χ4v) is 3.43. The van der Waals surface area contributed by atoms with E-state index in [1.165, 1.54) is 23.2 Å². The Bertz CT molecular complexity index is 634. The number of amides is 1. The van der Waals surface area contributed by atoms with Gasteiger partial charge in [0.1, 0.15) is 0 Å². The predicted octanol–water partition coefficient (Wildman–Crippen LogP) is 1.54. The second kappa shape index (κ2) is 4.16. The smallest absolute Gasteiger partial charge is 0.289 e. The molecule has 104 valence electrons. The number of fused-ring (bicyclic) bond motifs is 2. The molecule has 4 rings (SSSR count). The summed E-state index contributed by atoms with van der Waals surface area (Å²) in [7, 11) is 0. The number of carbonyl (C=O) groups is 1. The minimum Gasteiger partial charge on any atom is -0.371 e. The van der Waals surface area contributed by atoms with E-state index in [0.29, 0.717) is 0 Å². The molecule has 0 atom stereocenters. The molecular formula is C15H16N2O3. The van der Waals surface area contributed by atoms with E-state index in [2.05, 4.69) is 11.0 Å². The first-order valence-corrected chi connectivity index (χ1v) is 7.04. The van der Waals surface area contributed by atoms with Gasteiger partial charge in [-0.3, -0.25) is 14.6 Å². The topological polar surface area (TPSA) is 64.8 Å². The van der Waals surface area contributed by atoms with Gasteiger partial charge >= 0.3 is 0 Å². The highest BCUT2D eigenvalue weighted by Gasteiger charge is 2.31. The van der Waals surface area contributed by atoms with Crippen molar-refractivity contribution in [1.29, 1.82) is 0 Å². The van der Waals surface area contributed by atoms with Crippen LogP contribution in [0, 0.1) is 0 Å². The number of hydrogen-bond donors (Lipinski definition) is 1. The van der Waals surface area contributed by atoms with Crippen molar-refractivity contribution in [3.8, 4) is 5.75 Å². The maximum Gasteiger partial charge on any atom is 0.289 e. The molecule has 20 heavy (non-hydrogen) atoms. The molecule has 0 spiro atoms. The molecule has 3 aliphatic heterocycles. The average molecular weight is 272 g/mol. The van der Waals surface area contributed by atoms with Crippen molar-refractivity contribution in [3.05, 3.63) is 28.5 Å². The maximum absolute atomic E-state index is 11.2. The van der Waals surface area contributed by atoms with E-state index in [0.717, 1.165) is 43.7 Å². The third kappa shape index (κ3) is 1.59. The molecule has 2 N–H and O–H groups in total. The largest absolute Gasteiger partial charge is 0.371 e. The Labute approximate surface area is 116 Å². The summed E-state index contributed by atoms with van der Waals surface area (Å²) in [6.45, 7) is 2.23. The fraction of sp³-hybridized carbons (Fsp3) is 0.400. The number of nitrogens with two attached hydrogens (primary N) is 1. The third-order valence-electron chi connectivity index (χ3n) is 4.25. The number of primary amides is 1. The Kier molecular flexibility index (Phi) is 2.42. The van der Waals surface area contributed by atoms with Crippen LogP contribution in [0.1, 0.15) is 29.5 Å². The number of benzene rings is 1. The zero-order chi connectivity index (χ0) is 13.7. The van der Waals surface area contributed by atoms with Crippen LogP contribution < -0.4 is 15.5 Å². The van der Waals surface area contributed by atoms with E-state index >= 15 is 0 Å². The SMILES string of the molecule is NC(=O)C1=Cc2cc3c4c(c2OO1)CCCN4CCC3. The number of carbonyl (C=O) groups excluding carboxylic acids is 1. The van der Waals surface area contributed by atoms with Crippen LogP contribution >= 0.6 is 0 Å². The van der Waals surface area contributed by atoms with Crippen molar-refractivity contribution in [2.24, 2.45) is 5.73 Å². The molecule has 1 amide bonds. The fourth-order valence-electron chi connectivity index (χ4n) is 3.43. The van der Waals surface area contributed by atoms with E-state index in [9.17, 15) is 4.79 Å². The Morgan fingerprint density at radius 2 is 2.00 bits per heavy atom. The second-order valence-electron chi connectivity index (χ2n) is 5.51. The average Bonchev–Trinajstić information content (AvgIpc) is 2.47. The van der Waals surface area contributed by atoms with Gasteiger partial charge in [0, 0.05) is 36.0 Å². The third-order valence-corrected chi connectivity index (χ3v) is 4.25. The molecule has 5 nitrogen and oxygen atoms in total. The van der Waals surface area contributed by atoms with Crippen molar-refractivity contribution in [2.75, 3.05) is 18.0 Å². The van der Waals surface area contributed by atoms with Crippen LogP contribution in [0.4, 0.5) is 5.69 Å². The molecule has 3 heterocycles. The summed E-state index contributed by atoms with van der Waals surface area (Å²) < 4.78 is 0. The molecular weight excluding hydrogens is 256 g/mol. The molecule has 3 aliphatic rings. The van der Waals surface area contributed by atoms with Gasteiger partial charge in [0.05, 0.1) is 0 Å². The van der Waals surface area contributed by atoms with Gasteiger partial charge in [-0.15, -0.1) is 0 Å². The lowest BCUT2D eigenvalue weighted by molar-refractivity contribution is -0.175. The van der Waals surface area contributed by atoms with Crippen molar-refractivity contribution in [2.45, 2.75) is 25.7 Å². The molecule has 0 bridgehead atoms. The summed E-state index contributed by atoms with van der Waals surface area (Å²) in [5.41, 5.74) is 10.0. The number of nitrogens with zero attached hydrogens (tertiary/aromatic N) is 1. The molecule has 0 aliphatic carbocycles. The van der Waals surface area contributed by atoms with Gasteiger partial charge in [0.2, 0.25) is 5.76 Å². The summed E-state index contributed by atoms with van der Waals surface area (Å²) in [5, 5.41) is 0. The highest BCUT2D eigenvalue weighted by atomic mass is 17.2. The van der Waals surface area contributed by atoms with Gasteiger partial charge in [0.15, 0.2) is 5.75 Å². The quantitative estimate of drug-likeness (QED) is 0.787. The Morgan fingerprint density at radius 1 is 1.20 bits per heavy atom. The lowest BCUT2D eigenvalue weighted by Gasteiger charge is -2.38. The molecule has 1 aromatic rings. The molecule has 0 fully saturated rings. The molecule has 0 unspecified atom stereocenters. The molecule has 0 saturated carbocycles. The van der Waals surface area contributed by atoms with Crippen LogP contribution in [0.15, 0.2) is 11.8 Å². The standard InChI is InChI=1S/C15H16N2O3/c16-15(18)12-8-10-7-9-3-1-5-17-6-2-4-11(13(9)17)14(10)20-19-12/h7-8H,1-6H2,(H2,16,18). The second-order valence-corrected chi connectivity index (χ2v) is 5.51. The van der Waals surface area contributed by atoms with Gasteiger partial charge in [-0.25, -0.2) is 0 Å². The summed E-state index contributed by atoms with van der Waals surface area (Å²) in [5.74, 6) is 0.206. The summed E-state index contributed by atoms with van der Waals surface area (Å²) in [4.78, 5) is 24.0. The maximum atomic E-state index is 11.2.